The first-order valence-corrected chi connectivity index (χ1v) is 5.35. The summed E-state index contributed by atoms with van der Waals surface area (Å²) in [6.07, 6.45) is 0.361. The summed E-state index contributed by atoms with van der Waals surface area (Å²) < 4.78 is 22.7. The summed E-state index contributed by atoms with van der Waals surface area (Å²) in [6.45, 7) is 2.29. The highest BCUT2D eigenvalue weighted by atomic mass is 32.2. The summed E-state index contributed by atoms with van der Waals surface area (Å²) in [5, 5.41) is 4.89. The molecule has 0 aliphatic carbocycles. The third-order valence-corrected chi connectivity index (χ3v) is 2.68. The second kappa shape index (κ2) is 4.70. The second-order valence-electron chi connectivity index (χ2n) is 2.25. The summed E-state index contributed by atoms with van der Waals surface area (Å²) in [6, 6.07) is 0. The molecule has 0 aromatic rings. The van der Waals surface area contributed by atoms with Crippen molar-refractivity contribution in [1.82, 2.24) is 4.31 Å². The zero-order valence-electron chi connectivity index (χ0n) is 6.86. The van der Waals surface area contributed by atoms with Gasteiger partial charge in [0.25, 0.3) is 10.2 Å². The average molecular weight is 211 g/mol. The predicted octanol–water partition coefficient (Wildman–Crippen LogP) is -0.812. The highest BCUT2D eigenvalue weighted by Crippen LogP contribution is 1.95. The highest BCUT2D eigenvalue weighted by Gasteiger charge is 2.14. The lowest BCUT2D eigenvalue weighted by molar-refractivity contribution is 0.438. The van der Waals surface area contributed by atoms with Gasteiger partial charge in [-0.05, 0) is 0 Å². The number of thiocarbonyl (C=S) groups is 1. The minimum Gasteiger partial charge on any atom is -0.393 e. The maximum absolute atomic E-state index is 10.8. The number of nitrogens with two attached hydrogens (primary N) is 2. The molecule has 0 fully saturated rings. The molecule has 0 atom stereocenters. The van der Waals surface area contributed by atoms with Crippen molar-refractivity contribution < 1.29 is 8.42 Å². The SMILES string of the molecule is CCN(CCC(N)=S)S(N)(=O)=O. The largest absolute Gasteiger partial charge is 0.393 e. The lowest BCUT2D eigenvalue weighted by Crippen LogP contribution is -2.38. The van der Waals surface area contributed by atoms with Crippen molar-refractivity contribution in [2.45, 2.75) is 13.3 Å². The maximum Gasteiger partial charge on any atom is 0.276 e. The lowest BCUT2D eigenvalue weighted by Gasteiger charge is -2.16. The van der Waals surface area contributed by atoms with Crippen molar-refractivity contribution in [2.24, 2.45) is 10.9 Å². The smallest absolute Gasteiger partial charge is 0.276 e. The Kier molecular flexibility index (Phi) is 4.61. The summed E-state index contributed by atoms with van der Waals surface area (Å²) in [4.78, 5) is 0.289. The van der Waals surface area contributed by atoms with Crippen molar-refractivity contribution in [3.63, 3.8) is 0 Å². The second-order valence-corrected chi connectivity index (χ2v) is 4.32. The number of rotatable bonds is 5. The fourth-order valence-electron chi connectivity index (χ4n) is 0.700. The van der Waals surface area contributed by atoms with Gasteiger partial charge in [0, 0.05) is 19.5 Å². The van der Waals surface area contributed by atoms with Crippen LogP contribution in [0.1, 0.15) is 13.3 Å². The van der Waals surface area contributed by atoms with E-state index in [0.717, 1.165) is 4.31 Å². The number of hydrogen-bond donors (Lipinski definition) is 2. The Morgan fingerprint density at radius 1 is 1.58 bits per heavy atom. The van der Waals surface area contributed by atoms with Gasteiger partial charge >= 0.3 is 0 Å². The van der Waals surface area contributed by atoms with Gasteiger partial charge in [-0.25, -0.2) is 5.14 Å². The topological polar surface area (TPSA) is 89.4 Å². The Bertz CT molecular complexity index is 249. The molecular formula is C5H13N3O2S2. The molecule has 0 spiro atoms. The molecule has 0 saturated heterocycles. The van der Waals surface area contributed by atoms with Crippen LogP contribution < -0.4 is 10.9 Å². The van der Waals surface area contributed by atoms with Crippen LogP contribution in [-0.2, 0) is 10.2 Å². The lowest BCUT2D eigenvalue weighted by atomic mass is 10.4. The predicted molar refractivity (Wildman–Crippen MR) is 51.8 cm³/mol. The minimum atomic E-state index is -3.59. The van der Waals surface area contributed by atoms with Crippen LogP contribution in [0.5, 0.6) is 0 Å². The van der Waals surface area contributed by atoms with Crippen molar-refractivity contribution in [3.05, 3.63) is 0 Å². The first-order valence-electron chi connectivity index (χ1n) is 3.44. The van der Waals surface area contributed by atoms with Gasteiger partial charge in [0.1, 0.15) is 0 Å². The minimum absolute atomic E-state index is 0.255. The Hall–Kier alpha value is -0.240. The molecule has 0 saturated carbocycles. The van der Waals surface area contributed by atoms with Gasteiger partial charge < -0.3 is 5.73 Å². The van der Waals surface area contributed by atoms with Crippen molar-refractivity contribution in [1.29, 1.82) is 0 Å². The molecule has 72 valence electrons. The molecule has 0 heterocycles. The molecule has 4 N–H and O–H groups in total. The fourth-order valence-corrected chi connectivity index (χ4v) is 1.50. The molecule has 0 aromatic heterocycles. The summed E-state index contributed by atoms with van der Waals surface area (Å²) >= 11 is 4.60. The Balaban J connectivity index is 4.11. The molecule has 0 bridgehead atoms. The van der Waals surface area contributed by atoms with E-state index in [9.17, 15) is 8.42 Å². The van der Waals surface area contributed by atoms with E-state index in [0.29, 0.717) is 13.0 Å². The van der Waals surface area contributed by atoms with Gasteiger partial charge in [0.05, 0.1) is 4.99 Å². The molecule has 0 aliphatic rings. The normalized spacial score (nSPS) is 11.9. The summed E-state index contributed by atoms with van der Waals surface area (Å²) in [7, 11) is -3.59. The quantitative estimate of drug-likeness (QED) is 0.582. The molecule has 0 unspecified atom stereocenters. The van der Waals surface area contributed by atoms with E-state index < -0.39 is 10.2 Å². The Labute approximate surface area is 77.9 Å². The van der Waals surface area contributed by atoms with Gasteiger partial charge in [0.2, 0.25) is 0 Å². The van der Waals surface area contributed by atoms with Gasteiger partial charge in [-0.15, -0.1) is 0 Å². The van der Waals surface area contributed by atoms with E-state index in [-0.39, 0.29) is 11.5 Å². The van der Waals surface area contributed by atoms with E-state index >= 15 is 0 Å². The van der Waals surface area contributed by atoms with E-state index in [4.69, 9.17) is 10.9 Å². The van der Waals surface area contributed by atoms with E-state index in [1.165, 1.54) is 0 Å². The molecule has 0 rings (SSSR count). The van der Waals surface area contributed by atoms with Crippen molar-refractivity contribution in [3.8, 4) is 0 Å². The summed E-state index contributed by atoms with van der Waals surface area (Å²) in [5.74, 6) is 0. The van der Waals surface area contributed by atoms with Crippen LogP contribution in [0.3, 0.4) is 0 Å². The number of hydrogen-bond acceptors (Lipinski definition) is 3. The molecule has 0 amide bonds. The molecule has 5 nitrogen and oxygen atoms in total. The van der Waals surface area contributed by atoms with Crippen LogP contribution in [0.25, 0.3) is 0 Å². The molecule has 12 heavy (non-hydrogen) atoms. The van der Waals surface area contributed by atoms with Gasteiger partial charge in [-0.3, -0.25) is 0 Å². The first-order chi connectivity index (χ1) is 5.38. The molecular weight excluding hydrogens is 198 g/mol. The van der Waals surface area contributed by atoms with Crippen LogP contribution in [0.4, 0.5) is 0 Å². The number of nitrogens with zero attached hydrogens (tertiary/aromatic N) is 1. The van der Waals surface area contributed by atoms with E-state index in [1.807, 2.05) is 0 Å². The van der Waals surface area contributed by atoms with Crippen LogP contribution in [0, 0.1) is 0 Å². The van der Waals surface area contributed by atoms with Gasteiger partial charge in [-0.1, -0.05) is 19.1 Å². The van der Waals surface area contributed by atoms with Crippen LogP contribution >= 0.6 is 12.2 Å². The third kappa shape index (κ3) is 4.60. The summed E-state index contributed by atoms with van der Waals surface area (Å²) in [5.41, 5.74) is 5.21. The van der Waals surface area contributed by atoms with Crippen LogP contribution in [0.15, 0.2) is 0 Å². The third-order valence-electron chi connectivity index (χ3n) is 1.32. The molecule has 7 heteroatoms. The molecule has 0 aliphatic heterocycles. The molecule has 0 aromatic carbocycles. The average Bonchev–Trinajstić information content (AvgIpc) is 1.85. The van der Waals surface area contributed by atoms with Crippen LogP contribution in [-0.4, -0.2) is 30.8 Å². The van der Waals surface area contributed by atoms with Gasteiger partial charge in [0.15, 0.2) is 0 Å². The van der Waals surface area contributed by atoms with E-state index in [2.05, 4.69) is 12.2 Å². The maximum atomic E-state index is 10.8. The van der Waals surface area contributed by atoms with Crippen LogP contribution in [0.2, 0.25) is 0 Å². The zero-order chi connectivity index (χ0) is 9.78. The Morgan fingerprint density at radius 3 is 2.33 bits per heavy atom. The highest BCUT2D eigenvalue weighted by molar-refractivity contribution is 7.86. The van der Waals surface area contributed by atoms with Crippen molar-refractivity contribution in [2.75, 3.05) is 13.1 Å². The molecule has 0 radical (unpaired) electrons. The fraction of sp³-hybridized carbons (Fsp3) is 0.800. The standard InChI is InChI=1S/C5H13N3O2S2/c1-2-8(12(7,9)10)4-3-5(6)11/h2-4H2,1H3,(H2,6,11)(H2,7,9,10). The van der Waals surface area contributed by atoms with E-state index in [1.54, 1.807) is 6.92 Å². The first kappa shape index (κ1) is 11.8. The zero-order valence-corrected chi connectivity index (χ0v) is 8.49. The van der Waals surface area contributed by atoms with Crippen molar-refractivity contribution >= 4 is 27.4 Å². The monoisotopic (exact) mass is 211 g/mol. The Morgan fingerprint density at radius 2 is 2.08 bits per heavy atom. The van der Waals surface area contributed by atoms with Gasteiger partial charge in [-0.2, -0.15) is 12.7 Å².